The molecule has 1 rings (SSSR count). The minimum Gasteiger partial charge on any atom is -0.326 e. The van der Waals surface area contributed by atoms with E-state index in [1.165, 1.54) is 0 Å². The number of rotatable bonds is 7. The first kappa shape index (κ1) is 20.3. The molecule has 0 bridgehead atoms. The van der Waals surface area contributed by atoms with Crippen LogP contribution in [0.1, 0.15) is 25.3 Å². The van der Waals surface area contributed by atoms with Crippen molar-refractivity contribution in [3.8, 4) is 0 Å². The maximum Gasteiger partial charge on any atom is 0.224 e. The molecule has 19 heavy (non-hydrogen) atoms. The van der Waals surface area contributed by atoms with E-state index in [1.807, 2.05) is 24.3 Å². The Labute approximate surface area is 127 Å². The number of allylic oxidation sites excluding steroid dienone is 1. The standard InChI is InChI=1S/C14H20N2O.2ClH/c1-3-5-10-14(17)16-13-9-7-6-8-12(13)11-15-4-2;;/h3,6-9,15H,1,4-5,10-11H2,2H3,(H,16,17);2*1H. The van der Waals surface area contributed by atoms with E-state index in [4.69, 9.17) is 0 Å². The summed E-state index contributed by atoms with van der Waals surface area (Å²) in [5.74, 6) is 0.0360. The first-order valence-corrected chi connectivity index (χ1v) is 5.97. The van der Waals surface area contributed by atoms with Gasteiger partial charge in [0.1, 0.15) is 0 Å². The Hall–Kier alpha value is -1.03. The Kier molecular flexibility index (Phi) is 12.8. The second-order valence-electron chi connectivity index (χ2n) is 3.81. The molecule has 108 valence electrons. The normalized spacial score (nSPS) is 8.89. The fourth-order valence-corrected chi connectivity index (χ4v) is 1.50. The number of carbonyl (C=O) groups excluding carboxylic acids is 1. The van der Waals surface area contributed by atoms with Crippen LogP contribution in [-0.2, 0) is 11.3 Å². The van der Waals surface area contributed by atoms with Gasteiger partial charge in [0.25, 0.3) is 0 Å². The summed E-state index contributed by atoms with van der Waals surface area (Å²) >= 11 is 0. The fourth-order valence-electron chi connectivity index (χ4n) is 1.50. The Balaban J connectivity index is 0. The molecule has 0 unspecified atom stereocenters. The Bertz CT molecular complexity index is 383. The second kappa shape index (κ2) is 12.0. The summed E-state index contributed by atoms with van der Waals surface area (Å²) in [6.07, 6.45) is 2.95. The first-order valence-electron chi connectivity index (χ1n) is 5.97. The van der Waals surface area contributed by atoms with E-state index >= 15 is 0 Å². The highest BCUT2D eigenvalue weighted by Gasteiger charge is 2.05. The molecule has 1 aromatic rings. The summed E-state index contributed by atoms with van der Waals surface area (Å²) in [4.78, 5) is 11.6. The highest BCUT2D eigenvalue weighted by Crippen LogP contribution is 2.15. The van der Waals surface area contributed by atoms with Gasteiger partial charge in [0, 0.05) is 18.7 Å². The second-order valence-corrected chi connectivity index (χ2v) is 3.81. The van der Waals surface area contributed by atoms with Crippen molar-refractivity contribution >= 4 is 36.4 Å². The van der Waals surface area contributed by atoms with Gasteiger partial charge in [0.2, 0.25) is 5.91 Å². The Morgan fingerprint density at radius 2 is 2.00 bits per heavy atom. The molecule has 3 nitrogen and oxygen atoms in total. The maximum atomic E-state index is 11.6. The SMILES string of the molecule is C=CCCC(=O)Nc1ccccc1CNCC.Cl.Cl. The van der Waals surface area contributed by atoms with E-state index in [0.29, 0.717) is 12.8 Å². The monoisotopic (exact) mass is 304 g/mol. The van der Waals surface area contributed by atoms with Crippen molar-refractivity contribution in [3.63, 3.8) is 0 Å². The van der Waals surface area contributed by atoms with Gasteiger partial charge in [-0.2, -0.15) is 0 Å². The van der Waals surface area contributed by atoms with Gasteiger partial charge in [-0.1, -0.05) is 31.2 Å². The summed E-state index contributed by atoms with van der Waals surface area (Å²) < 4.78 is 0. The molecule has 0 aliphatic carbocycles. The number of nitrogens with one attached hydrogen (secondary N) is 2. The minimum atomic E-state index is 0. The lowest BCUT2D eigenvalue weighted by atomic mass is 10.1. The number of carbonyl (C=O) groups is 1. The van der Waals surface area contributed by atoms with Crippen molar-refractivity contribution in [2.45, 2.75) is 26.3 Å². The van der Waals surface area contributed by atoms with Crippen molar-refractivity contribution in [2.24, 2.45) is 0 Å². The lowest BCUT2D eigenvalue weighted by Gasteiger charge is -2.10. The Morgan fingerprint density at radius 1 is 1.32 bits per heavy atom. The zero-order valence-corrected chi connectivity index (χ0v) is 12.8. The molecule has 0 radical (unpaired) electrons. The topological polar surface area (TPSA) is 41.1 Å². The molecule has 0 fully saturated rings. The average Bonchev–Trinajstić information content (AvgIpc) is 2.35. The number of amides is 1. The van der Waals surface area contributed by atoms with E-state index in [1.54, 1.807) is 6.08 Å². The number of para-hydroxylation sites is 1. The molecular weight excluding hydrogens is 283 g/mol. The smallest absolute Gasteiger partial charge is 0.224 e. The highest BCUT2D eigenvalue weighted by molar-refractivity contribution is 5.91. The third kappa shape index (κ3) is 7.88. The zero-order valence-electron chi connectivity index (χ0n) is 11.1. The van der Waals surface area contributed by atoms with Gasteiger partial charge in [-0.05, 0) is 24.6 Å². The summed E-state index contributed by atoms with van der Waals surface area (Å²) in [6.45, 7) is 7.36. The van der Waals surface area contributed by atoms with E-state index < -0.39 is 0 Å². The van der Waals surface area contributed by atoms with Crippen LogP contribution in [-0.4, -0.2) is 12.5 Å². The molecule has 0 saturated carbocycles. The van der Waals surface area contributed by atoms with Crippen LogP contribution >= 0.6 is 24.8 Å². The number of benzene rings is 1. The minimum absolute atomic E-state index is 0. The van der Waals surface area contributed by atoms with Gasteiger partial charge in [0.15, 0.2) is 0 Å². The van der Waals surface area contributed by atoms with Crippen LogP contribution in [0.3, 0.4) is 0 Å². The molecule has 0 saturated heterocycles. The van der Waals surface area contributed by atoms with Crippen molar-refractivity contribution < 1.29 is 4.79 Å². The van der Waals surface area contributed by atoms with E-state index in [0.717, 1.165) is 24.3 Å². The van der Waals surface area contributed by atoms with Gasteiger partial charge >= 0.3 is 0 Å². The summed E-state index contributed by atoms with van der Waals surface area (Å²) in [5, 5.41) is 6.18. The molecule has 0 aromatic heterocycles. The number of halogens is 2. The summed E-state index contributed by atoms with van der Waals surface area (Å²) in [5.41, 5.74) is 2.00. The highest BCUT2D eigenvalue weighted by atomic mass is 35.5. The predicted octanol–water partition coefficient (Wildman–Crippen LogP) is 3.54. The van der Waals surface area contributed by atoms with Crippen LogP contribution in [0.2, 0.25) is 0 Å². The van der Waals surface area contributed by atoms with E-state index in [-0.39, 0.29) is 30.7 Å². The molecule has 1 amide bonds. The third-order valence-corrected chi connectivity index (χ3v) is 2.43. The van der Waals surface area contributed by atoms with Crippen LogP contribution in [0.5, 0.6) is 0 Å². The molecule has 0 aliphatic heterocycles. The largest absolute Gasteiger partial charge is 0.326 e. The lowest BCUT2D eigenvalue weighted by Crippen LogP contribution is -2.16. The predicted molar refractivity (Wildman–Crippen MR) is 86.4 cm³/mol. The molecule has 0 atom stereocenters. The van der Waals surface area contributed by atoms with Crippen LogP contribution in [0, 0.1) is 0 Å². The van der Waals surface area contributed by atoms with Gasteiger partial charge in [-0.3, -0.25) is 4.79 Å². The van der Waals surface area contributed by atoms with E-state index in [2.05, 4.69) is 24.1 Å². The number of hydrogen-bond donors (Lipinski definition) is 2. The van der Waals surface area contributed by atoms with Crippen LogP contribution in [0.4, 0.5) is 5.69 Å². The quantitative estimate of drug-likeness (QED) is 0.757. The molecule has 0 aliphatic rings. The van der Waals surface area contributed by atoms with Crippen molar-refractivity contribution in [1.82, 2.24) is 5.32 Å². The summed E-state index contributed by atoms with van der Waals surface area (Å²) in [6, 6.07) is 7.86. The average molecular weight is 305 g/mol. The molecule has 5 heteroatoms. The van der Waals surface area contributed by atoms with Crippen molar-refractivity contribution in [2.75, 3.05) is 11.9 Å². The van der Waals surface area contributed by atoms with Crippen LogP contribution < -0.4 is 10.6 Å². The number of anilines is 1. The Morgan fingerprint density at radius 3 is 2.63 bits per heavy atom. The summed E-state index contributed by atoms with van der Waals surface area (Å²) in [7, 11) is 0. The van der Waals surface area contributed by atoms with Gasteiger partial charge < -0.3 is 10.6 Å². The molecular formula is C14H22Cl2N2O. The van der Waals surface area contributed by atoms with Crippen LogP contribution in [0.15, 0.2) is 36.9 Å². The van der Waals surface area contributed by atoms with Gasteiger partial charge in [0.05, 0.1) is 0 Å². The van der Waals surface area contributed by atoms with Crippen LogP contribution in [0.25, 0.3) is 0 Å². The first-order chi connectivity index (χ1) is 8.27. The zero-order chi connectivity index (χ0) is 12.5. The number of hydrogen-bond acceptors (Lipinski definition) is 2. The third-order valence-electron chi connectivity index (χ3n) is 2.43. The fraction of sp³-hybridized carbons (Fsp3) is 0.357. The molecule has 0 spiro atoms. The van der Waals surface area contributed by atoms with E-state index in [9.17, 15) is 4.79 Å². The molecule has 2 N–H and O–H groups in total. The molecule has 1 aromatic carbocycles. The molecule has 0 heterocycles. The lowest BCUT2D eigenvalue weighted by molar-refractivity contribution is -0.116. The maximum absolute atomic E-state index is 11.6. The van der Waals surface area contributed by atoms with Crippen molar-refractivity contribution in [3.05, 3.63) is 42.5 Å². The van der Waals surface area contributed by atoms with Gasteiger partial charge in [-0.15, -0.1) is 31.4 Å². The van der Waals surface area contributed by atoms with Gasteiger partial charge in [-0.25, -0.2) is 0 Å². The van der Waals surface area contributed by atoms with Crippen molar-refractivity contribution in [1.29, 1.82) is 0 Å².